The Morgan fingerprint density at radius 2 is 1.26 bits per heavy atom. The van der Waals surface area contributed by atoms with Crippen molar-refractivity contribution < 1.29 is 0 Å². The van der Waals surface area contributed by atoms with Crippen molar-refractivity contribution in [3.05, 3.63) is 151 Å². The molecule has 204 valence electrons. The Morgan fingerprint density at radius 3 is 2.14 bits per heavy atom. The minimum absolute atomic E-state index is 0.0388. The molecule has 0 saturated heterocycles. The number of pyridine rings is 1. The maximum atomic E-state index is 5.11. The van der Waals surface area contributed by atoms with Crippen molar-refractivity contribution in [1.29, 1.82) is 0 Å². The van der Waals surface area contributed by atoms with Crippen LogP contribution in [0.5, 0.6) is 0 Å². The van der Waals surface area contributed by atoms with E-state index in [2.05, 4.69) is 139 Å². The van der Waals surface area contributed by atoms with Gasteiger partial charge >= 0.3 is 0 Å². The number of para-hydroxylation sites is 1. The fourth-order valence-corrected chi connectivity index (χ4v) is 6.22. The van der Waals surface area contributed by atoms with Crippen LogP contribution >= 0.6 is 0 Å². The van der Waals surface area contributed by atoms with Crippen LogP contribution in [0.2, 0.25) is 0 Å². The van der Waals surface area contributed by atoms with Crippen molar-refractivity contribution in [2.45, 2.75) is 18.8 Å². The van der Waals surface area contributed by atoms with Gasteiger partial charge in [0.2, 0.25) is 0 Å². The number of fused-ring (bicyclic) bond motifs is 3. The van der Waals surface area contributed by atoms with Gasteiger partial charge in [0.05, 0.1) is 5.52 Å². The SMILES string of the molecule is CC1c2ccccc2C=CC1c1nc(-c2ccc(-c3cccc4cccnc34)cc2)nc(-c2ccc3ccccc3c2)n1. The van der Waals surface area contributed by atoms with Gasteiger partial charge in [-0.1, -0.05) is 128 Å². The Balaban J connectivity index is 1.24. The van der Waals surface area contributed by atoms with E-state index in [1.165, 1.54) is 16.5 Å². The van der Waals surface area contributed by atoms with Crippen molar-refractivity contribution in [2.24, 2.45) is 0 Å². The number of hydrogen-bond donors (Lipinski definition) is 0. The number of nitrogens with zero attached hydrogens (tertiary/aromatic N) is 4. The molecule has 0 aliphatic heterocycles. The number of rotatable bonds is 4. The minimum atomic E-state index is 0.0388. The first kappa shape index (κ1) is 25.2. The van der Waals surface area contributed by atoms with Gasteiger partial charge in [-0.05, 0) is 45.5 Å². The summed E-state index contributed by atoms with van der Waals surface area (Å²) in [5, 5.41) is 3.48. The molecule has 5 aromatic carbocycles. The Kier molecular flexibility index (Phi) is 6.11. The first-order chi connectivity index (χ1) is 21.2. The van der Waals surface area contributed by atoms with E-state index in [1.54, 1.807) is 0 Å². The van der Waals surface area contributed by atoms with Gasteiger partial charge in [-0.15, -0.1) is 0 Å². The van der Waals surface area contributed by atoms with Crippen LogP contribution in [0.4, 0.5) is 0 Å². The summed E-state index contributed by atoms with van der Waals surface area (Å²) in [6.45, 7) is 2.26. The molecule has 2 atom stereocenters. The number of benzene rings is 5. The lowest BCUT2D eigenvalue weighted by atomic mass is 9.80. The van der Waals surface area contributed by atoms with Gasteiger partial charge in [-0.2, -0.15) is 0 Å². The molecular formula is C39H28N4. The Hall–Kier alpha value is -5.48. The van der Waals surface area contributed by atoms with Crippen LogP contribution in [0.15, 0.2) is 134 Å². The Bertz CT molecular complexity index is 2160. The summed E-state index contributed by atoms with van der Waals surface area (Å²) in [7, 11) is 0. The second-order valence-corrected chi connectivity index (χ2v) is 11.2. The van der Waals surface area contributed by atoms with Gasteiger partial charge in [0.25, 0.3) is 0 Å². The van der Waals surface area contributed by atoms with E-state index in [0.29, 0.717) is 11.6 Å². The third-order valence-corrected chi connectivity index (χ3v) is 8.55. The average molecular weight is 553 g/mol. The number of hydrogen-bond acceptors (Lipinski definition) is 4. The monoisotopic (exact) mass is 552 g/mol. The molecule has 2 aromatic heterocycles. The lowest BCUT2D eigenvalue weighted by Gasteiger charge is -2.26. The summed E-state index contributed by atoms with van der Waals surface area (Å²) in [6.07, 6.45) is 6.29. The molecule has 7 aromatic rings. The highest BCUT2D eigenvalue weighted by Gasteiger charge is 2.27. The van der Waals surface area contributed by atoms with Gasteiger partial charge in [0.15, 0.2) is 11.6 Å². The van der Waals surface area contributed by atoms with E-state index in [0.717, 1.165) is 44.4 Å². The normalized spacial score (nSPS) is 15.9. The molecule has 4 nitrogen and oxygen atoms in total. The van der Waals surface area contributed by atoms with Gasteiger partial charge in [-0.25, -0.2) is 15.0 Å². The van der Waals surface area contributed by atoms with Gasteiger partial charge in [0, 0.05) is 34.2 Å². The molecule has 43 heavy (non-hydrogen) atoms. The van der Waals surface area contributed by atoms with Crippen molar-refractivity contribution in [1.82, 2.24) is 19.9 Å². The van der Waals surface area contributed by atoms with E-state index in [4.69, 9.17) is 15.0 Å². The van der Waals surface area contributed by atoms with E-state index < -0.39 is 0 Å². The molecule has 0 fully saturated rings. The summed E-state index contributed by atoms with van der Waals surface area (Å²) in [4.78, 5) is 19.9. The summed E-state index contributed by atoms with van der Waals surface area (Å²) in [6, 6.07) is 42.2. The number of allylic oxidation sites excluding steroid dienone is 1. The van der Waals surface area contributed by atoms with Crippen LogP contribution < -0.4 is 0 Å². The quantitative estimate of drug-likeness (QED) is 0.218. The molecule has 1 aliphatic carbocycles. The second-order valence-electron chi connectivity index (χ2n) is 11.2. The van der Waals surface area contributed by atoms with Crippen LogP contribution in [0.3, 0.4) is 0 Å². The molecule has 0 bridgehead atoms. The first-order valence-electron chi connectivity index (χ1n) is 14.7. The van der Waals surface area contributed by atoms with Crippen LogP contribution in [0.1, 0.15) is 35.7 Å². The maximum absolute atomic E-state index is 5.11. The Labute approximate surface area is 250 Å². The zero-order chi connectivity index (χ0) is 28.8. The summed E-state index contributed by atoms with van der Waals surface area (Å²) in [5.74, 6) is 2.43. The van der Waals surface area contributed by atoms with Crippen molar-refractivity contribution in [3.63, 3.8) is 0 Å². The minimum Gasteiger partial charge on any atom is -0.256 e. The van der Waals surface area contributed by atoms with Crippen LogP contribution in [0.25, 0.3) is 61.7 Å². The van der Waals surface area contributed by atoms with Crippen molar-refractivity contribution >= 4 is 27.8 Å². The fraction of sp³-hybridized carbons (Fsp3) is 0.0769. The predicted molar refractivity (Wildman–Crippen MR) is 176 cm³/mol. The highest BCUT2D eigenvalue weighted by molar-refractivity contribution is 5.93. The molecule has 0 N–H and O–H groups in total. The molecule has 4 heteroatoms. The second kappa shape index (κ2) is 10.4. The van der Waals surface area contributed by atoms with Gasteiger partial charge in [0.1, 0.15) is 5.82 Å². The molecular weight excluding hydrogens is 524 g/mol. The van der Waals surface area contributed by atoms with Crippen molar-refractivity contribution in [2.75, 3.05) is 0 Å². The highest BCUT2D eigenvalue weighted by Crippen LogP contribution is 2.40. The van der Waals surface area contributed by atoms with E-state index in [1.807, 2.05) is 12.3 Å². The van der Waals surface area contributed by atoms with Crippen molar-refractivity contribution in [3.8, 4) is 33.9 Å². The summed E-state index contributed by atoms with van der Waals surface area (Å²) >= 11 is 0. The molecule has 0 spiro atoms. The topological polar surface area (TPSA) is 51.6 Å². The smallest absolute Gasteiger partial charge is 0.163 e. The molecule has 2 unspecified atom stereocenters. The van der Waals surface area contributed by atoms with Crippen LogP contribution in [-0.2, 0) is 0 Å². The summed E-state index contributed by atoms with van der Waals surface area (Å²) in [5.41, 5.74) is 7.73. The molecule has 1 aliphatic rings. The fourth-order valence-electron chi connectivity index (χ4n) is 6.22. The van der Waals surface area contributed by atoms with Gasteiger partial charge in [-0.3, -0.25) is 4.98 Å². The standard InChI is InChI=1S/C39H28N4/c1-25-33-13-5-4-9-27(33)21-22-34(25)39-42-37(41-38(43-39)32-20-15-26-8-2-3-10-31(26)24-32)30-18-16-28(17-19-30)35-14-6-11-29-12-7-23-40-36(29)35/h2-25,34H,1H3. The molecule has 0 amide bonds. The lowest BCUT2D eigenvalue weighted by Crippen LogP contribution is -2.15. The maximum Gasteiger partial charge on any atom is 0.163 e. The third-order valence-electron chi connectivity index (χ3n) is 8.55. The van der Waals surface area contributed by atoms with E-state index >= 15 is 0 Å². The first-order valence-corrected chi connectivity index (χ1v) is 14.7. The zero-order valence-corrected chi connectivity index (χ0v) is 23.7. The largest absolute Gasteiger partial charge is 0.256 e. The summed E-state index contributed by atoms with van der Waals surface area (Å²) < 4.78 is 0. The molecule has 0 radical (unpaired) electrons. The molecule has 0 saturated carbocycles. The Morgan fingerprint density at radius 1 is 0.558 bits per heavy atom. The van der Waals surface area contributed by atoms with E-state index in [9.17, 15) is 0 Å². The third kappa shape index (κ3) is 4.58. The molecule has 2 heterocycles. The lowest BCUT2D eigenvalue weighted by molar-refractivity contribution is 0.630. The zero-order valence-electron chi connectivity index (χ0n) is 23.7. The average Bonchev–Trinajstić information content (AvgIpc) is 3.08. The number of aromatic nitrogens is 4. The predicted octanol–water partition coefficient (Wildman–Crippen LogP) is 9.49. The molecule has 8 rings (SSSR count). The van der Waals surface area contributed by atoms with Crippen LogP contribution in [-0.4, -0.2) is 19.9 Å². The van der Waals surface area contributed by atoms with Gasteiger partial charge < -0.3 is 0 Å². The highest BCUT2D eigenvalue weighted by atomic mass is 15.0. The van der Waals surface area contributed by atoms with E-state index in [-0.39, 0.29) is 11.8 Å². The van der Waals surface area contributed by atoms with Crippen LogP contribution in [0, 0.1) is 0 Å².